The highest BCUT2D eigenvalue weighted by atomic mass is 32.1. The molecular weight excluding hydrogens is 485 g/mol. The third-order valence-electron chi connectivity index (χ3n) is 5.85. The molecule has 0 fully saturated rings. The van der Waals surface area contributed by atoms with E-state index in [0.29, 0.717) is 21.9 Å². The number of hydrogen-bond donors (Lipinski definition) is 1. The summed E-state index contributed by atoms with van der Waals surface area (Å²) in [7, 11) is 1.26. The third kappa shape index (κ3) is 4.18. The molecule has 4 aromatic rings. The number of carbonyl (C=O) groups is 2. The Balaban J connectivity index is 1.54. The molecular formula is C23H19F3N4O4S. The number of aromatic nitrogens is 3. The number of carbonyl (C=O) groups excluding carboxylic acids is 2. The molecule has 0 aromatic carbocycles. The predicted octanol–water partition coefficient (Wildman–Crippen LogP) is 5.23. The number of hydrogen-bond acceptors (Lipinski definition) is 7. The second-order valence-electron chi connectivity index (χ2n) is 8.30. The van der Waals surface area contributed by atoms with Gasteiger partial charge in [0.2, 0.25) is 0 Å². The largest absolute Gasteiger partial charge is 0.465 e. The Labute approximate surface area is 200 Å². The normalized spacial score (nSPS) is 15.7. The van der Waals surface area contributed by atoms with Crippen LogP contribution >= 0.6 is 11.3 Å². The van der Waals surface area contributed by atoms with Gasteiger partial charge in [-0.3, -0.25) is 4.79 Å². The van der Waals surface area contributed by atoms with Crippen molar-refractivity contribution in [1.82, 2.24) is 14.6 Å². The number of anilines is 1. The molecule has 8 nitrogen and oxygen atoms in total. The Kier molecular flexibility index (Phi) is 5.62. The molecule has 1 aliphatic carbocycles. The molecule has 1 aliphatic rings. The molecule has 4 aromatic heterocycles. The Morgan fingerprint density at radius 1 is 1.31 bits per heavy atom. The van der Waals surface area contributed by atoms with Crippen molar-refractivity contribution in [3.63, 3.8) is 0 Å². The summed E-state index contributed by atoms with van der Waals surface area (Å²) in [6.45, 7) is 2.11. The maximum atomic E-state index is 13.8. The molecule has 12 heteroatoms. The van der Waals surface area contributed by atoms with Crippen LogP contribution in [0, 0.1) is 5.92 Å². The molecule has 0 bridgehead atoms. The van der Waals surface area contributed by atoms with E-state index < -0.39 is 23.7 Å². The standard InChI is InChI=1S/C23H19F3N4O4S/c1-11-5-6-12-16(8-11)35-21(19(12)22(32)33-2)28-20(31)14-10-18-27-13(15-4-3-7-34-15)9-17(23(24,25)26)30(18)29-14/h3-4,7,9-11H,5-6,8H2,1-2H3,(H,28,31)/t11-/m0/s1. The van der Waals surface area contributed by atoms with Gasteiger partial charge >= 0.3 is 12.1 Å². The number of esters is 1. The van der Waals surface area contributed by atoms with E-state index in [1.165, 1.54) is 36.8 Å². The Bertz CT molecular complexity index is 1440. The number of fused-ring (bicyclic) bond motifs is 2. The number of nitrogens with one attached hydrogen (secondary N) is 1. The smallest absolute Gasteiger partial charge is 0.433 e. The number of rotatable bonds is 4. The van der Waals surface area contributed by atoms with Crippen LogP contribution in [0.25, 0.3) is 17.1 Å². The fraction of sp³-hybridized carbons (Fsp3) is 0.304. The van der Waals surface area contributed by atoms with Gasteiger partial charge in [0.1, 0.15) is 10.7 Å². The molecule has 1 amide bonds. The Morgan fingerprint density at radius 2 is 2.11 bits per heavy atom. The fourth-order valence-electron chi connectivity index (χ4n) is 4.16. The molecule has 0 aliphatic heterocycles. The molecule has 5 rings (SSSR count). The van der Waals surface area contributed by atoms with Crippen molar-refractivity contribution in [3.05, 3.63) is 57.9 Å². The van der Waals surface area contributed by atoms with Crippen molar-refractivity contribution >= 4 is 33.9 Å². The van der Waals surface area contributed by atoms with E-state index in [1.807, 2.05) is 0 Å². The summed E-state index contributed by atoms with van der Waals surface area (Å²) >= 11 is 1.27. The van der Waals surface area contributed by atoms with Crippen LogP contribution < -0.4 is 5.32 Å². The molecule has 0 saturated carbocycles. The minimum Gasteiger partial charge on any atom is -0.465 e. The minimum atomic E-state index is -4.76. The van der Waals surface area contributed by atoms with Gasteiger partial charge in [-0.05, 0) is 48.9 Å². The van der Waals surface area contributed by atoms with Gasteiger partial charge in [-0.25, -0.2) is 14.3 Å². The second-order valence-corrected chi connectivity index (χ2v) is 9.41. The highest BCUT2D eigenvalue weighted by molar-refractivity contribution is 7.17. The Hall–Kier alpha value is -3.67. The number of alkyl halides is 3. The summed E-state index contributed by atoms with van der Waals surface area (Å²) in [6.07, 6.45) is -1.09. The number of furan rings is 1. The molecule has 0 saturated heterocycles. The summed E-state index contributed by atoms with van der Waals surface area (Å²) in [5.74, 6) is -0.762. The van der Waals surface area contributed by atoms with Crippen LogP contribution in [0.4, 0.5) is 18.2 Å². The van der Waals surface area contributed by atoms with Crippen LogP contribution in [0.3, 0.4) is 0 Å². The summed E-state index contributed by atoms with van der Waals surface area (Å²) in [6, 6.07) is 4.98. The average molecular weight is 504 g/mol. The highest BCUT2D eigenvalue weighted by Crippen LogP contribution is 2.40. The van der Waals surface area contributed by atoms with Gasteiger partial charge in [-0.15, -0.1) is 11.3 Å². The summed E-state index contributed by atoms with van der Waals surface area (Å²) in [5, 5.41) is 6.81. The van der Waals surface area contributed by atoms with Gasteiger partial charge in [0.25, 0.3) is 5.91 Å². The van der Waals surface area contributed by atoms with Gasteiger partial charge in [-0.2, -0.15) is 18.3 Å². The van der Waals surface area contributed by atoms with Gasteiger partial charge < -0.3 is 14.5 Å². The van der Waals surface area contributed by atoms with E-state index in [2.05, 4.69) is 22.3 Å². The lowest BCUT2D eigenvalue weighted by molar-refractivity contribution is -0.142. The van der Waals surface area contributed by atoms with Crippen molar-refractivity contribution < 1.29 is 31.9 Å². The van der Waals surface area contributed by atoms with Crippen LogP contribution in [0.2, 0.25) is 0 Å². The SMILES string of the molecule is COC(=O)c1c(NC(=O)c2cc3nc(-c4ccco4)cc(C(F)(F)F)n3n2)sc2c1CC[C@H](C)C2. The first kappa shape index (κ1) is 23.1. The maximum Gasteiger partial charge on any atom is 0.433 e. The molecule has 0 radical (unpaired) electrons. The fourth-order valence-corrected chi connectivity index (χ4v) is 5.56. The van der Waals surface area contributed by atoms with E-state index in [9.17, 15) is 22.8 Å². The molecule has 0 unspecified atom stereocenters. The molecule has 4 heterocycles. The number of ether oxygens (including phenoxy) is 1. The van der Waals surface area contributed by atoms with Crippen molar-refractivity contribution in [3.8, 4) is 11.5 Å². The van der Waals surface area contributed by atoms with Crippen LogP contribution in [0.1, 0.15) is 50.3 Å². The van der Waals surface area contributed by atoms with Gasteiger partial charge in [0.15, 0.2) is 22.8 Å². The van der Waals surface area contributed by atoms with Crippen molar-refractivity contribution in [2.45, 2.75) is 32.4 Å². The molecule has 0 spiro atoms. The first-order chi connectivity index (χ1) is 16.7. The molecule has 182 valence electrons. The molecule has 1 N–H and O–H groups in total. The quantitative estimate of drug-likeness (QED) is 0.382. The van der Waals surface area contributed by atoms with E-state index in [1.54, 1.807) is 0 Å². The van der Waals surface area contributed by atoms with E-state index in [4.69, 9.17) is 9.15 Å². The maximum absolute atomic E-state index is 13.8. The van der Waals surface area contributed by atoms with E-state index >= 15 is 0 Å². The highest BCUT2D eigenvalue weighted by Gasteiger charge is 2.36. The lowest BCUT2D eigenvalue weighted by Gasteiger charge is -2.18. The van der Waals surface area contributed by atoms with Crippen LogP contribution in [0.15, 0.2) is 34.9 Å². The zero-order valence-electron chi connectivity index (χ0n) is 18.6. The predicted molar refractivity (Wildman–Crippen MR) is 120 cm³/mol. The van der Waals surface area contributed by atoms with Crippen molar-refractivity contribution in [2.24, 2.45) is 5.92 Å². The lowest BCUT2D eigenvalue weighted by atomic mass is 9.88. The summed E-state index contributed by atoms with van der Waals surface area (Å²) < 4.78 is 52.0. The average Bonchev–Trinajstić information content (AvgIpc) is 3.54. The van der Waals surface area contributed by atoms with E-state index in [0.717, 1.165) is 35.4 Å². The Morgan fingerprint density at radius 3 is 2.80 bits per heavy atom. The van der Waals surface area contributed by atoms with Crippen molar-refractivity contribution in [1.29, 1.82) is 0 Å². The number of nitrogens with zero attached hydrogens (tertiary/aromatic N) is 3. The van der Waals surface area contributed by atoms with Gasteiger partial charge in [-0.1, -0.05) is 6.92 Å². The summed E-state index contributed by atoms with van der Waals surface area (Å²) in [5.41, 5.74) is -0.488. The van der Waals surface area contributed by atoms with Crippen LogP contribution in [0.5, 0.6) is 0 Å². The topological polar surface area (TPSA) is 98.7 Å². The van der Waals surface area contributed by atoms with Crippen molar-refractivity contribution in [2.75, 3.05) is 12.4 Å². The second kappa shape index (κ2) is 8.52. The number of halogens is 3. The third-order valence-corrected chi connectivity index (χ3v) is 7.02. The molecule has 35 heavy (non-hydrogen) atoms. The zero-order valence-corrected chi connectivity index (χ0v) is 19.4. The van der Waals surface area contributed by atoms with Gasteiger partial charge in [0, 0.05) is 10.9 Å². The van der Waals surface area contributed by atoms with Gasteiger partial charge in [0.05, 0.1) is 18.9 Å². The first-order valence-electron chi connectivity index (χ1n) is 10.7. The summed E-state index contributed by atoms with van der Waals surface area (Å²) in [4.78, 5) is 30.7. The number of thiophene rings is 1. The monoisotopic (exact) mass is 504 g/mol. The number of methoxy groups -OCH3 is 1. The first-order valence-corrected chi connectivity index (χ1v) is 11.5. The lowest BCUT2D eigenvalue weighted by Crippen LogP contribution is -2.17. The molecule has 1 atom stereocenters. The van der Waals surface area contributed by atoms with Crippen LogP contribution in [-0.4, -0.2) is 33.6 Å². The number of amides is 1. The zero-order chi connectivity index (χ0) is 24.9. The minimum absolute atomic E-state index is 0.0466. The van der Waals surface area contributed by atoms with E-state index in [-0.39, 0.29) is 28.4 Å². The van der Waals surface area contributed by atoms with Crippen LogP contribution in [-0.2, 0) is 23.8 Å².